The standard InChI is InChI=1S/2C9H22N4.H2O4S/c2*1-3-6-13(7-4-2)8-5-12-9(10)11;1-5(2,3)4/h2*3-8H2,1-2H3,(H4,10,11,12);(H2,1,2,3,4). The molecule has 0 aliphatic heterocycles. The molecular weight excluding hydrogens is 424 g/mol. The van der Waals surface area contributed by atoms with Crippen molar-refractivity contribution in [1.29, 1.82) is 0 Å². The summed E-state index contributed by atoms with van der Waals surface area (Å²) in [5, 5.41) is 0. The fourth-order valence-electron chi connectivity index (χ4n) is 2.58. The average Bonchev–Trinajstić information content (AvgIpc) is 2.61. The van der Waals surface area contributed by atoms with Crippen LogP contribution in [-0.4, -0.2) is 91.6 Å². The zero-order valence-corrected chi connectivity index (χ0v) is 20.5. The molecule has 0 spiro atoms. The summed E-state index contributed by atoms with van der Waals surface area (Å²) >= 11 is 0. The lowest BCUT2D eigenvalue weighted by atomic mass is 10.3. The Balaban J connectivity index is -0.000000416. The highest BCUT2D eigenvalue weighted by Gasteiger charge is 2.01. The lowest BCUT2D eigenvalue weighted by molar-refractivity contribution is 0.282. The molecule has 0 rings (SSSR count). The van der Waals surface area contributed by atoms with Gasteiger partial charge in [0.25, 0.3) is 0 Å². The Bertz CT molecular complexity index is 497. The molecule has 188 valence electrons. The fraction of sp³-hybridized carbons (Fsp3) is 0.889. The van der Waals surface area contributed by atoms with Crippen LogP contribution >= 0.6 is 0 Å². The molecular formula is C18H46N8O4S. The normalized spacial score (nSPS) is 10.6. The molecule has 0 aromatic heterocycles. The summed E-state index contributed by atoms with van der Waals surface area (Å²) in [6, 6.07) is 0. The van der Waals surface area contributed by atoms with E-state index in [1.165, 1.54) is 25.7 Å². The van der Waals surface area contributed by atoms with Crippen LogP contribution in [0.25, 0.3) is 0 Å². The number of rotatable bonds is 14. The second-order valence-corrected chi connectivity index (χ2v) is 7.64. The molecule has 12 nitrogen and oxygen atoms in total. The van der Waals surface area contributed by atoms with E-state index < -0.39 is 10.4 Å². The van der Waals surface area contributed by atoms with E-state index in [2.05, 4.69) is 47.5 Å². The van der Waals surface area contributed by atoms with E-state index in [4.69, 9.17) is 40.5 Å². The van der Waals surface area contributed by atoms with Gasteiger partial charge in [0.15, 0.2) is 11.9 Å². The molecule has 0 aromatic rings. The summed E-state index contributed by atoms with van der Waals surface area (Å²) in [5.41, 5.74) is 20.9. The van der Waals surface area contributed by atoms with Crippen molar-refractivity contribution >= 4 is 22.3 Å². The summed E-state index contributed by atoms with van der Waals surface area (Å²) < 4.78 is 31.6. The minimum Gasteiger partial charge on any atom is -0.370 e. The first-order valence-corrected chi connectivity index (χ1v) is 12.1. The van der Waals surface area contributed by atoms with E-state index >= 15 is 0 Å². The Morgan fingerprint density at radius 3 is 1.03 bits per heavy atom. The van der Waals surface area contributed by atoms with Gasteiger partial charge in [-0.2, -0.15) is 8.42 Å². The molecule has 0 bridgehead atoms. The minimum atomic E-state index is -4.67. The Morgan fingerprint density at radius 2 is 0.871 bits per heavy atom. The van der Waals surface area contributed by atoms with Crippen LogP contribution in [0.15, 0.2) is 9.98 Å². The van der Waals surface area contributed by atoms with Crippen LogP contribution in [0.5, 0.6) is 0 Å². The van der Waals surface area contributed by atoms with Crippen molar-refractivity contribution < 1.29 is 17.5 Å². The molecule has 0 aromatic carbocycles. The molecule has 0 aliphatic carbocycles. The van der Waals surface area contributed by atoms with Crippen molar-refractivity contribution in [2.45, 2.75) is 53.4 Å². The second kappa shape index (κ2) is 23.0. The van der Waals surface area contributed by atoms with Crippen molar-refractivity contribution in [3.05, 3.63) is 0 Å². The number of aliphatic imine (C=N–C) groups is 2. The van der Waals surface area contributed by atoms with Crippen molar-refractivity contribution in [3.63, 3.8) is 0 Å². The van der Waals surface area contributed by atoms with Crippen LogP contribution < -0.4 is 22.9 Å². The van der Waals surface area contributed by atoms with Crippen LogP contribution in [0.1, 0.15) is 53.4 Å². The van der Waals surface area contributed by atoms with Crippen molar-refractivity contribution in [3.8, 4) is 0 Å². The van der Waals surface area contributed by atoms with Gasteiger partial charge in [-0.1, -0.05) is 27.7 Å². The number of hydrogen-bond donors (Lipinski definition) is 6. The van der Waals surface area contributed by atoms with E-state index in [9.17, 15) is 0 Å². The van der Waals surface area contributed by atoms with E-state index in [0.717, 1.165) is 39.3 Å². The smallest absolute Gasteiger partial charge is 0.370 e. The molecule has 0 saturated heterocycles. The van der Waals surface area contributed by atoms with Gasteiger partial charge >= 0.3 is 10.4 Å². The van der Waals surface area contributed by atoms with Crippen LogP contribution in [0.3, 0.4) is 0 Å². The predicted octanol–water partition coefficient (Wildman–Crippen LogP) is 0.111. The lowest BCUT2D eigenvalue weighted by Gasteiger charge is -2.19. The zero-order valence-electron chi connectivity index (χ0n) is 19.7. The molecule has 0 atom stereocenters. The van der Waals surface area contributed by atoms with Gasteiger partial charge in [-0.15, -0.1) is 0 Å². The number of nitrogens with zero attached hydrogens (tertiary/aromatic N) is 4. The largest absolute Gasteiger partial charge is 0.394 e. The predicted molar refractivity (Wildman–Crippen MR) is 130 cm³/mol. The third-order valence-corrected chi connectivity index (χ3v) is 3.58. The number of guanidine groups is 2. The number of hydrogen-bond acceptors (Lipinski definition) is 6. The SMILES string of the molecule is CCCN(CCC)CCN=C(N)N.CCCN(CCC)CCN=C(N)N.O=S(=O)(O)O. The van der Waals surface area contributed by atoms with Gasteiger partial charge in [0.05, 0.1) is 13.1 Å². The maximum Gasteiger partial charge on any atom is 0.394 e. The van der Waals surface area contributed by atoms with Gasteiger partial charge in [0.2, 0.25) is 0 Å². The maximum atomic E-state index is 8.74. The van der Waals surface area contributed by atoms with Crippen LogP contribution in [-0.2, 0) is 10.4 Å². The van der Waals surface area contributed by atoms with Gasteiger partial charge in [0.1, 0.15) is 0 Å². The van der Waals surface area contributed by atoms with Gasteiger partial charge in [0, 0.05) is 13.1 Å². The molecule has 13 heteroatoms. The van der Waals surface area contributed by atoms with Gasteiger partial charge in [-0.25, -0.2) is 0 Å². The first-order valence-electron chi connectivity index (χ1n) is 10.7. The summed E-state index contributed by atoms with van der Waals surface area (Å²) in [7, 11) is -4.67. The topological polar surface area (TPSA) is 210 Å². The molecule has 0 saturated carbocycles. The number of nitrogens with two attached hydrogens (primary N) is 4. The zero-order chi connectivity index (χ0) is 24.7. The van der Waals surface area contributed by atoms with Crippen molar-refractivity contribution in [2.24, 2.45) is 32.9 Å². The molecule has 10 N–H and O–H groups in total. The quantitative estimate of drug-likeness (QED) is 0.114. The Morgan fingerprint density at radius 1 is 0.645 bits per heavy atom. The Kier molecular flexibility index (Phi) is 25.2. The molecule has 0 amide bonds. The van der Waals surface area contributed by atoms with Crippen LogP contribution in [0.2, 0.25) is 0 Å². The Labute approximate surface area is 188 Å². The van der Waals surface area contributed by atoms with E-state index in [-0.39, 0.29) is 11.9 Å². The maximum absolute atomic E-state index is 8.74. The molecule has 0 unspecified atom stereocenters. The van der Waals surface area contributed by atoms with Crippen molar-refractivity contribution in [1.82, 2.24) is 9.80 Å². The van der Waals surface area contributed by atoms with Crippen LogP contribution in [0, 0.1) is 0 Å². The molecule has 0 fully saturated rings. The molecule has 31 heavy (non-hydrogen) atoms. The Hall–Kier alpha value is -1.67. The van der Waals surface area contributed by atoms with Crippen molar-refractivity contribution in [2.75, 3.05) is 52.4 Å². The summed E-state index contributed by atoms with van der Waals surface area (Å²) in [6.45, 7) is 16.6. The summed E-state index contributed by atoms with van der Waals surface area (Å²) in [5.74, 6) is 0.376. The second-order valence-electron chi connectivity index (χ2n) is 6.74. The third kappa shape index (κ3) is 39.4. The third-order valence-electron chi connectivity index (χ3n) is 3.58. The lowest BCUT2D eigenvalue weighted by Crippen LogP contribution is -2.30. The first-order chi connectivity index (χ1) is 14.4. The van der Waals surface area contributed by atoms with E-state index in [0.29, 0.717) is 13.1 Å². The summed E-state index contributed by atoms with van der Waals surface area (Å²) in [4.78, 5) is 12.7. The summed E-state index contributed by atoms with van der Waals surface area (Å²) in [6.07, 6.45) is 4.73. The van der Waals surface area contributed by atoms with Gasteiger partial charge in [-0.05, 0) is 51.9 Å². The first kappa shape index (κ1) is 34.0. The fourth-order valence-corrected chi connectivity index (χ4v) is 2.58. The van der Waals surface area contributed by atoms with Gasteiger partial charge in [-0.3, -0.25) is 19.1 Å². The van der Waals surface area contributed by atoms with E-state index in [1.807, 2.05) is 0 Å². The highest BCUT2D eigenvalue weighted by molar-refractivity contribution is 7.79. The highest BCUT2D eigenvalue weighted by atomic mass is 32.3. The molecule has 0 radical (unpaired) electrons. The molecule has 0 heterocycles. The highest BCUT2D eigenvalue weighted by Crippen LogP contribution is 1.94. The van der Waals surface area contributed by atoms with E-state index in [1.54, 1.807) is 0 Å². The minimum absolute atomic E-state index is 0.188. The molecule has 0 aliphatic rings. The average molecular weight is 471 g/mol. The van der Waals surface area contributed by atoms with Gasteiger partial charge < -0.3 is 32.7 Å². The monoisotopic (exact) mass is 470 g/mol. The van der Waals surface area contributed by atoms with Crippen LogP contribution in [0.4, 0.5) is 0 Å².